The zero-order valence-corrected chi connectivity index (χ0v) is 9.66. The summed E-state index contributed by atoms with van der Waals surface area (Å²) < 4.78 is 2.13. The summed E-state index contributed by atoms with van der Waals surface area (Å²) >= 11 is 5.69. The van der Waals surface area contributed by atoms with E-state index >= 15 is 0 Å². The molecule has 0 aromatic carbocycles. The number of hydrogen-bond donors (Lipinski definition) is 0. The predicted octanol–water partition coefficient (Wildman–Crippen LogP) is 3.04. The Labute approximate surface area is 96.4 Å². The Hall–Kier alpha value is -0.820. The molecule has 1 aromatic rings. The van der Waals surface area contributed by atoms with Crippen molar-refractivity contribution in [2.45, 2.75) is 31.7 Å². The first-order valence-electron chi connectivity index (χ1n) is 5.60. The highest BCUT2D eigenvalue weighted by atomic mass is 35.5. The molecular weight excluding hydrogens is 206 g/mol. The van der Waals surface area contributed by atoms with Crippen LogP contribution in [-0.4, -0.2) is 5.88 Å². The lowest BCUT2D eigenvalue weighted by Crippen LogP contribution is -2.33. The quantitative estimate of drug-likeness (QED) is 0.421. The molecule has 0 saturated heterocycles. The van der Waals surface area contributed by atoms with Crippen molar-refractivity contribution in [2.75, 3.05) is 5.88 Å². The van der Waals surface area contributed by atoms with Crippen molar-refractivity contribution in [1.29, 1.82) is 0 Å². The van der Waals surface area contributed by atoms with Crippen molar-refractivity contribution < 1.29 is 4.57 Å². The fourth-order valence-corrected chi connectivity index (χ4v) is 2.28. The van der Waals surface area contributed by atoms with Crippen molar-refractivity contribution in [1.82, 2.24) is 0 Å². The van der Waals surface area contributed by atoms with Gasteiger partial charge in [0, 0.05) is 12.1 Å². The SMILES string of the molecule is ClCC[n+]1ccc(C2CC=CCC2)cc1. The number of aryl methyl sites for hydroxylation is 1. The normalized spacial score (nSPS) is 20.5. The molecule has 1 atom stereocenters. The maximum atomic E-state index is 5.69. The van der Waals surface area contributed by atoms with E-state index in [1.807, 2.05) is 0 Å². The van der Waals surface area contributed by atoms with Crippen LogP contribution in [0.1, 0.15) is 30.7 Å². The van der Waals surface area contributed by atoms with E-state index in [0.29, 0.717) is 5.88 Å². The van der Waals surface area contributed by atoms with Crippen molar-refractivity contribution in [3.63, 3.8) is 0 Å². The molecule has 0 amide bonds. The molecule has 80 valence electrons. The molecule has 0 N–H and O–H groups in total. The third-order valence-corrected chi connectivity index (χ3v) is 3.17. The molecular formula is C13H17ClN+. The number of halogens is 1. The molecule has 1 aromatic heterocycles. The van der Waals surface area contributed by atoms with Gasteiger partial charge in [-0.05, 0) is 30.7 Å². The second-order valence-electron chi connectivity index (χ2n) is 4.04. The van der Waals surface area contributed by atoms with Crippen LogP contribution in [0.25, 0.3) is 0 Å². The first-order chi connectivity index (χ1) is 7.40. The Morgan fingerprint density at radius 1 is 1.27 bits per heavy atom. The molecule has 0 radical (unpaired) electrons. The van der Waals surface area contributed by atoms with E-state index in [1.54, 1.807) is 0 Å². The number of allylic oxidation sites excluding steroid dienone is 2. The average molecular weight is 223 g/mol. The van der Waals surface area contributed by atoms with E-state index in [-0.39, 0.29) is 0 Å². The summed E-state index contributed by atoms with van der Waals surface area (Å²) in [4.78, 5) is 0. The molecule has 1 aliphatic rings. The van der Waals surface area contributed by atoms with Crippen molar-refractivity contribution in [3.05, 3.63) is 42.2 Å². The van der Waals surface area contributed by atoms with Gasteiger partial charge in [-0.1, -0.05) is 12.2 Å². The standard InChI is InChI=1S/C13H17ClN/c14-8-11-15-9-6-13(7-10-15)12-4-2-1-3-5-12/h1-2,6-7,9-10,12H,3-5,8,11H2/q+1. The van der Waals surface area contributed by atoms with Crippen LogP contribution in [0.4, 0.5) is 0 Å². The van der Waals surface area contributed by atoms with Crippen LogP contribution in [0, 0.1) is 0 Å². The van der Waals surface area contributed by atoms with E-state index in [9.17, 15) is 0 Å². The summed E-state index contributed by atoms with van der Waals surface area (Å²) in [7, 11) is 0. The highest BCUT2D eigenvalue weighted by Crippen LogP contribution is 2.27. The summed E-state index contributed by atoms with van der Waals surface area (Å²) in [6, 6.07) is 4.47. The molecule has 2 heteroatoms. The third-order valence-electron chi connectivity index (χ3n) is 3.00. The zero-order valence-electron chi connectivity index (χ0n) is 8.90. The second kappa shape index (κ2) is 5.32. The van der Waals surface area contributed by atoms with Gasteiger partial charge in [0.1, 0.15) is 0 Å². The fourth-order valence-electron chi connectivity index (χ4n) is 2.08. The van der Waals surface area contributed by atoms with Gasteiger partial charge in [-0.15, -0.1) is 11.6 Å². The number of hydrogen-bond acceptors (Lipinski definition) is 0. The lowest BCUT2D eigenvalue weighted by Gasteiger charge is -2.17. The summed E-state index contributed by atoms with van der Waals surface area (Å²) in [5.41, 5.74) is 1.46. The van der Waals surface area contributed by atoms with Gasteiger partial charge < -0.3 is 0 Å². The Morgan fingerprint density at radius 3 is 2.67 bits per heavy atom. The van der Waals surface area contributed by atoms with Gasteiger partial charge in [-0.3, -0.25) is 0 Å². The van der Waals surface area contributed by atoms with Gasteiger partial charge >= 0.3 is 0 Å². The van der Waals surface area contributed by atoms with Gasteiger partial charge in [-0.25, -0.2) is 4.57 Å². The van der Waals surface area contributed by atoms with Crippen LogP contribution >= 0.6 is 11.6 Å². The molecule has 1 nitrogen and oxygen atoms in total. The minimum absolute atomic E-state index is 0.677. The molecule has 1 aliphatic carbocycles. The largest absolute Gasteiger partial charge is 0.204 e. The third kappa shape index (κ3) is 2.82. The predicted molar refractivity (Wildman–Crippen MR) is 63.1 cm³/mol. The van der Waals surface area contributed by atoms with Gasteiger partial charge in [0.25, 0.3) is 0 Å². The van der Waals surface area contributed by atoms with Crippen LogP contribution in [0.2, 0.25) is 0 Å². The molecule has 2 rings (SSSR count). The Balaban J connectivity index is 2.05. The van der Waals surface area contributed by atoms with Crippen LogP contribution in [0.5, 0.6) is 0 Å². The molecule has 0 spiro atoms. The Bertz CT molecular complexity index is 329. The van der Waals surface area contributed by atoms with Crippen LogP contribution < -0.4 is 4.57 Å². The van der Waals surface area contributed by atoms with E-state index in [0.717, 1.165) is 12.5 Å². The van der Waals surface area contributed by atoms with Gasteiger partial charge in [0.2, 0.25) is 0 Å². The Kier molecular flexibility index (Phi) is 3.79. The molecule has 0 saturated carbocycles. The highest BCUT2D eigenvalue weighted by Gasteiger charge is 2.13. The van der Waals surface area contributed by atoms with Crippen LogP contribution in [0.3, 0.4) is 0 Å². The number of aromatic nitrogens is 1. The number of rotatable bonds is 3. The topological polar surface area (TPSA) is 3.88 Å². The minimum atomic E-state index is 0.677. The van der Waals surface area contributed by atoms with Crippen molar-refractivity contribution in [3.8, 4) is 0 Å². The van der Waals surface area contributed by atoms with E-state index in [1.165, 1.54) is 24.8 Å². The molecule has 1 heterocycles. The van der Waals surface area contributed by atoms with Crippen molar-refractivity contribution >= 4 is 11.6 Å². The van der Waals surface area contributed by atoms with E-state index in [4.69, 9.17) is 11.6 Å². The average Bonchev–Trinajstić information content (AvgIpc) is 2.32. The van der Waals surface area contributed by atoms with Crippen LogP contribution in [0.15, 0.2) is 36.7 Å². The lowest BCUT2D eigenvalue weighted by molar-refractivity contribution is -0.692. The van der Waals surface area contributed by atoms with E-state index in [2.05, 4.69) is 41.2 Å². The molecule has 0 aliphatic heterocycles. The zero-order chi connectivity index (χ0) is 10.5. The first-order valence-corrected chi connectivity index (χ1v) is 6.13. The Morgan fingerprint density at radius 2 is 2.07 bits per heavy atom. The maximum Gasteiger partial charge on any atom is 0.169 e. The molecule has 1 unspecified atom stereocenters. The number of alkyl halides is 1. The summed E-state index contributed by atoms with van der Waals surface area (Å²) in [6.07, 6.45) is 12.6. The lowest BCUT2D eigenvalue weighted by atomic mass is 9.88. The maximum absolute atomic E-state index is 5.69. The monoisotopic (exact) mass is 222 g/mol. The van der Waals surface area contributed by atoms with Crippen molar-refractivity contribution in [2.24, 2.45) is 0 Å². The highest BCUT2D eigenvalue weighted by molar-refractivity contribution is 6.17. The fraction of sp³-hybridized carbons (Fsp3) is 0.462. The number of pyridine rings is 1. The molecule has 15 heavy (non-hydrogen) atoms. The van der Waals surface area contributed by atoms with E-state index < -0.39 is 0 Å². The molecule has 0 bridgehead atoms. The molecule has 0 fully saturated rings. The van der Waals surface area contributed by atoms with Gasteiger partial charge in [0.05, 0.1) is 5.88 Å². The first kappa shape index (κ1) is 10.7. The summed E-state index contributed by atoms with van der Waals surface area (Å²) in [5, 5.41) is 0. The smallest absolute Gasteiger partial charge is 0.169 e. The summed E-state index contributed by atoms with van der Waals surface area (Å²) in [6.45, 7) is 0.895. The minimum Gasteiger partial charge on any atom is -0.204 e. The van der Waals surface area contributed by atoms with Crippen LogP contribution in [-0.2, 0) is 6.54 Å². The second-order valence-corrected chi connectivity index (χ2v) is 4.42. The van der Waals surface area contributed by atoms with Gasteiger partial charge in [-0.2, -0.15) is 0 Å². The van der Waals surface area contributed by atoms with Gasteiger partial charge in [0.15, 0.2) is 18.9 Å². The number of nitrogens with zero attached hydrogens (tertiary/aromatic N) is 1. The summed E-state index contributed by atoms with van der Waals surface area (Å²) in [5.74, 6) is 1.40.